The number of fused-ring (bicyclic) bond motifs is 3. The number of anilines is 2. The second kappa shape index (κ2) is 9.05. The second-order valence-corrected chi connectivity index (χ2v) is 9.30. The number of carbonyl (C=O) groups excluding carboxylic acids is 1. The van der Waals surface area contributed by atoms with E-state index >= 15 is 0 Å². The summed E-state index contributed by atoms with van der Waals surface area (Å²) in [5.74, 6) is -0.318. The van der Waals surface area contributed by atoms with Crippen molar-refractivity contribution in [3.8, 4) is 11.1 Å². The number of hydrogen-bond donors (Lipinski definition) is 3. The summed E-state index contributed by atoms with van der Waals surface area (Å²) in [6, 6.07) is 14.2. The highest BCUT2D eigenvalue weighted by Gasteiger charge is 2.40. The molecular formula is C27H24N6O4. The van der Waals surface area contributed by atoms with Gasteiger partial charge >= 0.3 is 5.97 Å². The highest BCUT2D eigenvalue weighted by molar-refractivity contribution is 6.06. The molecule has 1 aliphatic rings. The number of rotatable bonds is 6. The van der Waals surface area contributed by atoms with Crippen LogP contribution < -0.4 is 10.2 Å². The number of para-hydroxylation sites is 1. The van der Waals surface area contributed by atoms with Crippen molar-refractivity contribution in [2.75, 3.05) is 16.8 Å². The summed E-state index contributed by atoms with van der Waals surface area (Å²) in [4.78, 5) is 35.9. The first-order valence-corrected chi connectivity index (χ1v) is 12.0. The summed E-state index contributed by atoms with van der Waals surface area (Å²) in [5.41, 5.74) is 4.40. The number of furan rings is 1. The van der Waals surface area contributed by atoms with E-state index in [4.69, 9.17) is 4.42 Å². The Morgan fingerprint density at radius 3 is 2.70 bits per heavy atom. The molecule has 6 rings (SSSR count). The first-order chi connectivity index (χ1) is 18.0. The molecule has 0 radical (unpaired) electrons. The summed E-state index contributed by atoms with van der Waals surface area (Å²) in [5, 5.41) is 20.5. The van der Waals surface area contributed by atoms with Crippen LogP contribution in [0.5, 0.6) is 0 Å². The van der Waals surface area contributed by atoms with Crippen LogP contribution in [-0.2, 0) is 9.59 Å². The molecule has 3 N–H and O–H groups in total. The number of aliphatic carboxylic acids is 1. The fourth-order valence-electron chi connectivity index (χ4n) is 5.05. The van der Waals surface area contributed by atoms with Gasteiger partial charge < -0.3 is 19.7 Å². The molecule has 10 heteroatoms. The van der Waals surface area contributed by atoms with Crippen LogP contribution in [0, 0.1) is 12.8 Å². The van der Waals surface area contributed by atoms with Crippen molar-refractivity contribution in [3.63, 3.8) is 0 Å². The van der Waals surface area contributed by atoms with E-state index in [1.807, 2.05) is 48.5 Å². The maximum absolute atomic E-state index is 12.8. The highest BCUT2D eigenvalue weighted by atomic mass is 16.4. The number of H-pyrrole nitrogens is 1. The van der Waals surface area contributed by atoms with E-state index in [9.17, 15) is 14.7 Å². The predicted octanol–water partition coefficient (Wildman–Crippen LogP) is 4.38. The Morgan fingerprint density at radius 1 is 1.14 bits per heavy atom. The Bertz CT molecular complexity index is 1610. The summed E-state index contributed by atoms with van der Waals surface area (Å²) in [6.07, 6.45) is 4.05. The first-order valence-electron chi connectivity index (χ1n) is 12.0. The van der Waals surface area contributed by atoms with Gasteiger partial charge in [-0.15, -0.1) is 0 Å². The van der Waals surface area contributed by atoms with Crippen molar-refractivity contribution in [3.05, 3.63) is 66.7 Å². The maximum atomic E-state index is 12.8. The van der Waals surface area contributed by atoms with Crippen molar-refractivity contribution in [1.29, 1.82) is 0 Å². The molecule has 1 fully saturated rings. The minimum atomic E-state index is -0.960. The molecule has 0 unspecified atom stereocenters. The number of aromatic nitrogens is 4. The number of hydrogen-bond acceptors (Lipinski definition) is 7. The SMILES string of the molecule is Cc1nc(N2C[C@@H](CC(=O)Nc3ccc(-c4cn[nH]c4)cc3)C[C@H]2C(=O)O)c2oc3ccccc3c2n1. The minimum absolute atomic E-state index is 0.166. The summed E-state index contributed by atoms with van der Waals surface area (Å²) in [7, 11) is 0. The third-order valence-electron chi connectivity index (χ3n) is 6.73. The topological polar surface area (TPSA) is 137 Å². The van der Waals surface area contributed by atoms with Gasteiger partial charge in [-0.1, -0.05) is 24.3 Å². The summed E-state index contributed by atoms with van der Waals surface area (Å²) >= 11 is 0. The average molecular weight is 497 g/mol. The van der Waals surface area contributed by atoms with Gasteiger partial charge in [0.15, 0.2) is 11.4 Å². The van der Waals surface area contributed by atoms with Crippen LogP contribution in [0.15, 0.2) is 65.3 Å². The van der Waals surface area contributed by atoms with Gasteiger partial charge in [0.2, 0.25) is 5.91 Å². The monoisotopic (exact) mass is 496 g/mol. The van der Waals surface area contributed by atoms with E-state index < -0.39 is 12.0 Å². The number of nitrogens with zero attached hydrogens (tertiary/aromatic N) is 4. The fraction of sp³-hybridized carbons (Fsp3) is 0.222. The molecule has 5 aromatic rings. The van der Waals surface area contributed by atoms with Gasteiger partial charge in [-0.05, 0) is 49.1 Å². The smallest absolute Gasteiger partial charge is 0.326 e. The number of carboxylic acids is 1. The summed E-state index contributed by atoms with van der Waals surface area (Å²) in [6.45, 7) is 2.14. The highest BCUT2D eigenvalue weighted by Crippen LogP contribution is 2.37. The number of amides is 1. The molecule has 2 atom stereocenters. The van der Waals surface area contributed by atoms with Crippen LogP contribution in [0.4, 0.5) is 11.5 Å². The molecule has 0 bridgehead atoms. The molecule has 0 aliphatic carbocycles. The Balaban J connectivity index is 1.22. The van der Waals surface area contributed by atoms with Crippen molar-refractivity contribution >= 4 is 45.5 Å². The Labute approximate surface area is 211 Å². The van der Waals surface area contributed by atoms with E-state index in [-0.39, 0.29) is 18.2 Å². The van der Waals surface area contributed by atoms with Crippen LogP contribution in [-0.4, -0.2) is 49.7 Å². The molecule has 186 valence electrons. The average Bonchev–Trinajstić information content (AvgIpc) is 3.63. The molecule has 4 heterocycles. The van der Waals surface area contributed by atoms with Gasteiger partial charge in [-0.3, -0.25) is 9.89 Å². The zero-order valence-electron chi connectivity index (χ0n) is 20.0. The molecule has 1 saturated heterocycles. The van der Waals surface area contributed by atoms with Gasteiger partial charge in [0.1, 0.15) is 23.0 Å². The van der Waals surface area contributed by atoms with Crippen LogP contribution in [0.25, 0.3) is 33.2 Å². The van der Waals surface area contributed by atoms with E-state index in [2.05, 4.69) is 25.5 Å². The maximum Gasteiger partial charge on any atom is 0.326 e. The number of carbonyl (C=O) groups is 2. The zero-order chi connectivity index (χ0) is 25.5. The van der Waals surface area contributed by atoms with E-state index in [0.29, 0.717) is 47.0 Å². The molecule has 2 aromatic carbocycles. The number of carboxylic acid groups (broad SMARTS) is 1. The number of aromatic amines is 1. The third-order valence-corrected chi connectivity index (χ3v) is 6.73. The Kier molecular flexibility index (Phi) is 5.56. The first kappa shape index (κ1) is 22.7. The number of benzene rings is 2. The van der Waals surface area contributed by atoms with Crippen LogP contribution in [0.1, 0.15) is 18.7 Å². The minimum Gasteiger partial charge on any atom is -0.480 e. The molecule has 0 saturated carbocycles. The zero-order valence-corrected chi connectivity index (χ0v) is 20.0. The quantitative estimate of drug-likeness (QED) is 0.315. The standard InChI is InChI=1S/C27H24N6O4/c1-15-30-24-20-4-2-3-5-22(20)37-25(24)26(31-15)33-14-16(10-21(33)27(35)36)11-23(34)32-19-8-6-17(7-9-19)18-12-28-29-13-18/h2-9,12-13,16,21H,10-11,14H2,1H3,(H,28,29)(H,32,34)(H,35,36)/t16-,21+/m1/s1. The van der Waals surface area contributed by atoms with Gasteiger partial charge in [0.05, 0.1) is 6.20 Å². The van der Waals surface area contributed by atoms with Crippen LogP contribution in [0.3, 0.4) is 0 Å². The van der Waals surface area contributed by atoms with Crippen molar-refractivity contribution < 1.29 is 19.1 Å². The molecule has 1 aliphatic heterocycles. The number of nitrogens with one attached hydrogen (secondary N) is 2. The fourth-order valence-corrected chi connectivity index (χ4v) is 5.05. The largest absolute Gasteiger partial charge is 0.480 e. The lowest BCUT2D eigenvalue weighted by molar-refractivity contribution is -0.138. The lowest BCUT2D eigenvalue weighted by Crippen LogP contribution is -2.36. The third kappa shape index (κ3) is 4.26. The molecular weight excluding hydrogens is 472 g/mol. The predicted molar refractivity (Wildman–Crippen MR) is 138 cm³/mol. The van der Waals surface area contributed by atoms with Crippen LogP contribution >= 0.6 is 0 Å². The van der Waals surface area contributed by atoms with Crippen molar-refractivity contribution in [2.24, 2.45) is 5.92 Å². The lowest BCUT2D eigenvalue weighted by atomic mass is 10.0. The Morgan fingerprint density at radius 2 is 1.95 bits per heavy atom. The molecule has 0 spiro atoms. The van der Waals surface area contributed by atoms with E-state index in [1.165, 1.54) is 0 Å². The Hall–Kier alpha value is -4.73. The van der Waals surface area contributed by atoms with Crippen molar-refractivity contribution in [2.45, 2.75) is 25.8 Å². The van der Waals surface area contributed by atoms with Gasteiger partial charge in [0.25, 0.3) is 0 Å². The second-order valence-electron chi connectivity index (χ2n) is 9.30. The number of aryl methyl sites for hydroxylation is 1. The summed E-state index contributed by atoms with van der Waals surface area (Å²) < 4.78 is 6.07. The lowest BCUT2D eigenvalue weighted by Gasteiger charge is -2.22. The van der Waals surface area contributed by atoms with Gasteiger partial charge in [-0.2, -0.15) is 5.10 Å². The molecule has 1 amide bonds. The molecule has 3 aromatic heterocycles. The van der Waals surface area contributed by atoms with Crippen LogP contribution in [0.2, 0.25) is 0 Å². The van der Waals surface area contributed by atoms with Gasteiger partial charge in [-0.25, -0.2) is 14.8 Å². The van der Waals surface area contributed by atoms with Crippen molar-refractivity contribution in [1.82, 2.24) is 20.2 Å². The molecule has 37 heavy (non-hydrogen) atoms. The van der Waals surface area contributed by atoms with E-state index in [0.717, 1.165) is 16.5 Å². The van der Waals surface area contributed by atoms with Gasteiger partial charge in [0, 0.05) is 35.8 Å². The normalized spacial score (nSPS) is 17.5. The van der Waals surface area contributed by atoms with E-state index in [1.54, 1.807) is 24.2 Å². The molecule has 10 nitrogen and oxygen atoms in total.